The average Bonchev–Trinajstić information content (AvgIpc) is 1.96. The van der Waals surface area contributed by atoms with Crippen LogP contribution in [-0.2, 0) is 18.2 Å². The summed E-state index contributed by atoms with van der Waals surface area (Å²) in [7, 11) is -7.45. The molecule has 0 bridgehead atoms. The summed E-state index contributed by atoms with van der Waals surface area (Å²) in [4.78, 5) is 9.22. The fourth-order valence-electron chi connectivity index (χ4n) is 0.705. The Kier molecular flexibility index (Phi) is 2.92. The molecule has 7 heteroatoms. The molecular weight excluding hydrogens is 202 g/mol. The number of hydrogen-bond acceptors (Lipinski definition) is 4. The summed E-state index contributed by atoms with van der Waals surface area (Å²) in [5.41, 5.74) is 0. The maximum atomic E-state index is 11.3. The van der Waals surface area contributed by atoms with E-state index < -0.39 is 14.3 Å². The molecule has 1 rings (SSSR count). The highest BCUT2D eigenvalue weighted by atomic mass is 32.1. The van der Waals surface area contributed by atoms with Gasteiger partial charge in [0, 0.05) is 6.16 Å². The lowest BCUT2D eigenvalue weighted by atomic mass is 10.5. The van der Waals surface area contributed by atoms with Crippen LogP contribution in [0.5, 0.6) is 0 Å². The fourth-order valence-corrected chi connectivity index (χ4v) is 4.56. The van der Waals surface area contributed by atoms with Gasteiger partial charge in [0.15, 0.2) is 6.79 Å². The van der Waals surface area contributed by atoms with Gasteiger partial charge in [-0.25, -0.2) is 4.57 Å². The summed E-state index contributed by atoms with van der Waals surface area (Å²) in [6.45, 7) is 3.23. The Morgan fingerprint density at radius 3 is 2.58 bits per heavy atom. The molecule has 0 spiro atoms. The van der Waals surface area contributed by atoms with Gasteiger partial charge >= 0.3 is 14.3 Å². The predicted octanol–water partition coefficient (Wildman–Crippen LogP) is 1.95. The first-order chi connectivity index (χ1) is 5.52. The molecular formula is C5H10O5P2. The molecule has 1 unspecified atom stereocenters. The lowest BCUT2D eigenvalue weighted by molar-refractivity contribution is 0.0181. The van der Waals surface area contributed by atoms with E-state index in [0.717, 1.165) is 0 Å². The third-order valence-electron chi connectivity index (χ3n) is 1.44. The summed E-state index contributed by atoms with van der Waals surface area (Å²) in [5, 5.41) is 0. The van der Waals surface area contributed by atoms with Crippen LogP contribution in [0.15, 0.2) is 12.7 Å². The summed E-state index contributed by atoms with van der Waals surface area (Å²) >= 11 is 0. The summed E-state index contributed by atoms with van der Waals surface area (Å²) < 4.78 is 31.4. The summed E-state index contributed by atoms with van der Waals surface area (Å²) in [6, 6.07) is 0. The standard InChI is InChI=1S/C5H10O5P2/c1-2-3-4-11(6,7)12(8)9-5-10-12/h2H,1,3-5H2,(H,6,7). The Morgan fingerprint density at radius 2 is 2.25 bits per heavy atom. The molecule has 0 radical (unpaired) electrons. The van der Waals surface area contributed by atoms with Crippen molar-refractivity contribution in [3.8, 4) is 0 Å². The minimum atomic E-state index is -3.79. The molecule has 1 atom stereocenters. The van der Waals surface area contributed by atoms with Gasteiger partial charge in [-0.2, -0.15) is 0 Å². The van der Waals surface area contributed by atoms with Crippen molar-refractivity contribution < 1.29 is 23.1 Å². The molecule has 5 nitrogen and oxygen atoms in total. The van der Waals surface area contributed by atoms with Gasteiger partial charge < -0.3 is 4.89 Å². The van der Waals surface area contributed by atoms with Gasteiger partial charge in [-0.15, -0.1) is 6.58 Å². The molecule has 1 saturated heterocycles. The second-order valence-electron chi connectivity index (χ2n) is 2.31. The minimum absolute atomic E-state index is 0.103. The van der Waals surface area contributed by atoms with E-state index in [0.29, 0.717) is 6.42 Å². The molecule has 0 amide bonds. The maximum absolute atomic E-state index is 11.3. The van der Waals surface area contributed by atoms with Crippen LogP contribution in [0.2, 0.25) is 0 Å². The van der Waals surface area contributed by atoms with Crippen molar-refractivity contribution in [2.24, 2.45) is 0 Å². The first-order valence-corrected chi connectivity index (χ1v) is 7.43. The van der Waals surface area contributed by atoms with Crippen molar-refractivity contribution in [1.29, 1.82) is 0 Å². The smallest absolute Gasteiger partial charge is 0.336 e. The van der Waals surface area contributed by atoms with Crippen molar-refractivity contribution in [1.82, 2.24) is 0 Å². The highest BCUT2D eigenvalue weighted by Gasteiger charge is 2.51. The van der Waals surface area contributed by atoms with Crippen molar-refractivity contribution in [2.75, 3.05) is 13.0 Å². The zero-order chi connectivity index (χ0) is 9.24. The van der Waals surface area contributed by atoms with E-state index in [1.54, 1.807) is 0 Å². The molecule has 0 aromatic rings. The highest BCUT2D eigenvalue weighted by Crippen LogP contribution is 2.84. The molecule has 1 aliphatic heterocycles. The van der Waals surface area contributed by atoms with Crippen LogP contribution in [0.4, 0.5) is 0 Å². The Labute approximate surface area is 70.3 Å². The van der Waals surface area contributed by atoms with Crippen LogP contribution in [0, 0.1) is 0 Å². The molecule has 0 aromatic carbocycles. The van der Waals surface area contributed by atoms with E-state index >= 15 is 0 Å². The molecule has 12 heavy (non-hydrogen) atoms. The SMILES string of the molecule is C=CCCP(=O)(O)P1(=O)OCO1. The van der Waals surface area contributed by atoms with E-state index in [4.69, 9.17) is 0 Å². The Bertz CT molecular complexity index is 265. The second kappa shape index (κ2) is 3.44. The van der Waals surface area contributed by atoms with Gasteiger partial charge in [-0.1, -0.05) is 6.08 Å². The number of allylic oxidation sites excluding steroid dienone is 1. The fraction of sp³-hybridized carbons (Fsp3) is 0.600. The van der Waals surface area contributed by atoms with Crippen LogP contribution in [0.1, 0.15) is 6.42 Å². The van der Waals surface area contributed by atoms with Crippen LogP contribution in [0.3, 0.4) is 0 Å². The van der Waals surface area contributed by atoms with Crippen LogP contribution >= 0.6 is 14.3 Å². The van der Waals surface area contributed by atoms with Crippen molar-refractivity contribution in [3.63, 3.8) is 0 Å². The van der Waals surface area contributed by atoms with Gasteiger partial charge in [0.2, 0.25) is 0 Å². The van der Waals surface area contributed by atoms with E-state index in [2.05, 4.69) is 15.6 Å². The Hall–Kier alpha value is 0.0800. The van der Waals surface area contributed by atoms with Crippen molar-refractivity contribution >= 4 is 14.3 Å². The quantitative estimate of drug-likeness (QED) is 0.569. The molecule has 1 heterocycles. The predicted molar refractivity (Wildman–Crippen MR) is 44.1 cm³/mol. The average molecular weight is 212 g/mol. The van der Waals surface area contributed by atoms with Gasteiger partial charge in [0.05, 0.1) is 0 Å². The van der Waals surface area contributed by atoms with Gasteiger partial charge in [-0.3, -0.25) is 13.6 Å². The van der Waals surface area contributed by atoms with Crippen LogP contribution < -0.4 is 0 Å². The minimum Gasteiger partial charge on any atom is -0.336 e. The Morgan fingerprint density at radius 1 is 1.67 bits per heavy atom. The molecule has 1 aliphatic rings. The van der Waals surface area contributed by atoms with E-state index in [1.807, 2.05) is 0 Å². The summed E-state index contributed by atoms with van der Waals surface area (Å²) in [6.07, 6.45) is 1.70. The highest BCUT2D eigenvalue weighted by molar-refractivity contribution is 8.29. The first kappa shape index (κ1) is 10.2. The monoisotopic (exact) mass is 212 g/mol. The van der Waals surface area contributed by atoms with Gasteiger partial charge in [0.25, 0.3) is 0 Å². The third-order valence-corrected chi connectivity index (χ3v) is 7.50. The van der Waals surface area contributed by atoms with Crippen LogP contribution in [-0.4, -0.2) is 17.8 Å². The van der Waals surface area contributed by atoms with E-state index in [-0.39, 0.29) is 13.0 Å². The zero-order valence-corrected chi connectivity index (χ0v) is 8.17. The molecule has 0 aromatic heterocycles. The number of hydrogen-bond donors (Lipinski definition) is 1. The lowest BCUT2D eigenvalue weighted by Gasteiger charge is -2.29. The van der Waals surface area contributed by atoms with Crippen molar-refractivity contribution in [2.45, 2.75) is 6.42 Å². The third kappa shape index (κ3) is 1.70. The second-order valence-corrected chi connectivity index (χ2v) is 8.89. The normalized spacial score (nSPS) is 25.4. The molecule has 70 valence electrons. The lowest BCUT2D eigenvalue weighted by Crippen LogP contribution is -2.11. The largest absolute Gasteiger partial charge is 0.416 e. The zero-order valence-electron chi connectivity index (χ0n) is 6.38. The Balaban J connectivity index is 2.64. The van der Waals surface area contributed by atoms with E-state index in [1.165, 1.54) is 6.08 Å². The first-order valence-electron chi connectivity index (χ1n) is 3.34. The van der Waals surface area contributed by atoms with Crippen molar-refractivity contribution in [3.05, 3.63) is 12.7 Å². The molecule has 0 aliphatic carbocycles. The van der Waals surface area contributed by atoms with Gasteiger partial charge in [-0.05, 0) is 6.42 Å². The molecule has 0 saturated carbocycles. The molecule has 1 fully saturated rings. The van der Waals surface area contributed by atoms with E-state index in [9.17, 15) is 14.0 Å². The maximum Gasteiger partial charge on any atom is 0.416 e. The van der Waals surface area contributed by atoms with Crippen LogP contribution in [0.25, 0.3) is 0 Å². The topological polar surface area (TPSA) is 72.8 Å². The summed E-state index contributed by atoms with van der Waals surface area (Å²) in [5.74, 6) is 0. The molecule has 1 N–H and O–H groups in total. The number of rotatable bonds is 4. The van der Waals surface area contributed by atoms with Gasteiger partial charge in [0.1, 0.15) is 0 Å².